The van der Waals surface area contributed by atoms with Crippen molar-refractivity contribution in [3.05, 3.63) is 41.0 Å². The average Bonchev–Trinajstić information content (AvgIpc) is 3.23. The van der Waals surface area contributed by atoms with Gasteiger partial charge in [-0.3, -0.25) is 0 Å². The lowest BCUT2D eigenvalue weighted by molar-refractivity contribution is -0.138. The average molecular weight is 409 g/mol. The Bertz CT molecular complexity index is 942. The number of amides is 2. The molecule has 7 nitrogen and oxygen atoms in total. The van der Waals surface area contributed by atoms with Crippen molar-refractivity contribution in [2.75, 3.05) is 32.8 Å². The van der Waals surface area contributed by atoms with Gasteiger partial charge in [-0.15, -0.1) is 0 Å². The van der Waals surface area contributed by atoms with E-state index < -0.39 is 0 Å². The minimum absolute atomic E-state index is 0.150. The molecule has 1 fully saturated rings. The molecule has 1 saturated heterocycles. The number of benzene rings is 1. The first-order valence-corrected chi connectivity index (χ1v) is 10.6. The highest BCUT2D eigenvalue weighted by molar-refractivity contribution is 6.03. The molecule has 7 heteroatoms. The van der Waals surface area contributed by atoms with Gasteiger partial charge in [0.2, 0.25) is 0 Å². The van der Waals surface area contributed by atoms with Crippen LogP contribution in [0.4, 0.5) is 10.5 Å². The number of aliphatic imine (C=N–C) groups is 1. The van der Waals surface area contributed by atoms with E-state index in [0.717, 1.165) is 49.2 Å². The zero-order valence-electron chi connectivity index (χ0n) is 17.4. The molecule has 0 aliphatic carbocycles. The van der Waals surface area contributed by atoms with Crippen molar-refractivity contribution in [2.24, 2.45) is 10.7 Å². The lowest BCUT2D eigenvalue weighted by atomic mass is 9.96. The summed E-state index contributed by atoms with van der Waals surface area (Å²) in [5.41, 5.74) is 10.4. The number of amidine groups is 1. The summed E-state index contributed by atoms with van der Waals surface area (Å²) in [5, 5.41) is 0. The maximum Gasteiger partial charge on any atom is 0.334 e. The zero-order valence-corrected chi connectivity index (χ0v) is 17.4. The second-order valence-electron chi connectivity index (χ2n) is 7.85. The summed E-state index contributed by atoms with van der Waals surface area (Å²) in [6.45, 7) is 5.18. The minimum atomic E-state index is -0.359. The molecule has 0 bridgehead atoms. The van der Waals surface area contributed by atoms with Crippen molar-refractivity contribution in [1.29, 1.82) is 0 Å². The minimum Gasteiger partial charge on any atom is -0.463 e. The van der Waals surface area contributed by atoms with E-state index in [2.05, 4.69) is 11.1 Å². The molecule has 158 valence electrons. The summed E-state index contributed by atoms with van der Waals surface area (Å²) >= 11 is 0. The van der Waals surface area contributed by atoms with Crippen LogP contribution in [0.3, 0.4) is 0 Å². The third kappa shape index (κ3) is 4.25. The van der Waals surface area contributed by atoms with Crippen LogP contribution in [0.15, 0.2) is 34.8 Å². The first kappa shape index (κ1) is 20.2. The van der Waals surface area contributed by atoms with E-state index in [1.54, 1.807) is 6.92 Å². The van der Waals surface area contributed by atoms with E-state index in [4.69, 9.17) is 10.5 Å². The highest BCUT2D eigenvalue weighted by Gasteiger charge is 2.25. The van der Waals surface area contributed by atoms with Crippen LogP contribution in [-0.4, -0.2) is 60.4 Å². The highest BCUT2D eigenvalue weighted by Crippen LogP contribution is 2.32. The Kier molecular flexibility index (Phi) is 5.88. The van der Waals surface area contributed by atoms with Crippen molar-refractivity contribution >= 4 is 35.2 Å². The summed E-state index contributed by atoms with van der Waals surface area (Å²) in [6.07, 6.45) is 7.24. The maximum absolute atomic E-state index is 12.6. The number of hydrogen-bond donors (Lipinski definition) is 1. The quantitative estimate of drug-likeness (QED) is 0.777. The Hall–Kier alpha value is -3.09. The molecule has 0 radical (unpaired) electrons. The van der Waals surface area contributed by atoms with Gasteiger partial charge < -0.3 is 20.3 Å². The number of fused-ring (bicyclic) bond motifs is 1. The molecule has 2 N–H and O–H groups in total. The molecule has 4 rings (SSSR count). The number of nitrogens with two attached hydrogens (primary N) is 1. The summed E-state index contributed by atoms with van der Waals surface area (Å²) in [6, 6.07) is 6.16. The molecule has 3 aliphatic heterocycles. The number of likely N-dealkylation sites (tertiary alicyclic amines) is 1. The van der Waals surface area contributed by atoms with Gasteiger partial charge in [-0.1, -0.05) is 12.1 Å². The van der Waals surface area contributed by atoms with Crippen molar-refractivity contribution in [2.45, 2.75) is 32.6 Å². The predicted octanol–water partition coefficient (Wildman–Crippen LogP) is 3.33. The van der Waals surface area contributed by atoms with Gasteiger partial charge in [0.15, 0.2) is 0 Å². The van der Waals surface area contributed by atoms with Gasteiger partial charge in [0.05, 0.1) is 12.3 Å². The molecule has 0 saturated carbocycles. The number of carbonyl (C=O) groups is 2. The monoisotopic (exact) mass is 408 g/mol. The van der Waals surface area contributed by atoms with E-state index in [0.29, 0.717) is 31.1 Å². The number of nitrogens with zero attached hydrogens (tertiary/aromatic N) is 3. The smallest absolute Gasteiger partial charge is 0.334 e. The number of hydrogen-bond acceptors (Lipinski definition) is 5. The first-order chi connectivity index (χ1) is 14.5. The van der Waals surface area contributed by atoms with Gasteiger partial charge in [-0.05, 0) is 55.5 Å². The number of urea groups is 1. The SMILES string of the molecule is CCOC(=O)C1=Cc2cc(C3=CCN(C(=O)N4CCCC4)CC3)ccc2N=C(N)C1. The van der Waals surface area contributed by atoms with E-state index in [9.17, 15) is 9.59 Å². The van der Waals surface area contributed by atoms with Crippen LogP contribution in [0.5, 0.6) is 0 Å². The maximum atomic E-state index is 12.6. The van der Waals surface area contributed by atoms with Crippen LogP contribution in [0.2, 0.25) is 0 Å². The number of carbonyl (C=O) groups excluding carboxylic acids is 2. The van der Waals surface area contributed by atoms with Crippen LogP contribution in [0.1, 0.15) is 43.7 Å². The van der Waals surface area contributed by atoms with Crippen molar-refractivity contribution in [1.82, 2.24) is 9.80 Å². The molecule has 0 aromatic heterocycles. The molecule has 0 atom stereocenters. The van der Waals surface area contributed by atoms with Crippen molar-refractivity contribution < 1.29 is 14.3 Å². The Morgan fingerprint density at radius 2 is 1.97 bits per heavy atom. The summed E-state index contributed by atoms with van der Waals surface area (Å²) < 4.78 is 5.15. The molecule has 0 spiro atoms. The topological polar surface area (TPSA) is 88.2 Å². The third-order valence-corrected chi connectivity index (χ3v) is 5.76. The Morgan fingerprint density at radius 1 is 1.17 bits per heavy atom. The normalized spacial score (nSPS) is 18.8. The Labute approximate surface area is 176 Å². The lowest BCUT2D eigenvalue weighted by Crippen LogP contribution is -2.43. The van der Waals surface area contributed by atoms with Crippen molar-refractivity contribution in [3.63, 3.8) is 0 Å². The lowest BCUT2D eigenvalue weighted by Gasteiger charge is -2.30. The fourth-order valence-electron chi connectivity index (χ4n) is 4.17. The predicted molar refractivity (Wildman–Crippen MR) is 117 cm³/mol. The van der Waals surface area contributed by atoms with Gasteiger partial charge in [-0.25, -0.2) is 14.6 Å². The standard InChI is InChI=1S/C23H28N4O3/c1-2-30-22(28)19-14-18-13-17(5-6-20(18)25-21(24)15-19)16-7-11-27(12-8-16)23(29)26-9-3-4-10-26/h5-7,13-14H,2-4,8-12,15H2,1H3,(H2,24,25). The van der Waals surface area contributed by atoms with Gasteiger partial charge >= 0.3 is 12.0 Å². The zero-order chi connectivity index (χ0) is 21.1. The molecule has 1 aromatic carbocycles. The molecule has 30 heavy (non-hydrogen) atoms. The largest absolute Gasteiger partial charge is 0.463 e. The van der Waals surface area contributed by atoms with Gasteiger partial charge in [0.1, 0.15) is 5.84 Å². The third-order valence-electron chi connectivity index (χ3n) is 5.76. The van der Waals surface area contributed by atoms with Gasteiger partial charge in [0.25, 0.3) is 0 Å². The fraction of sp³-hybridized carbons (Fsp3) is 0.435. The molecular weight excluding hydrogens is 380 g/mol. The molecule has 3 heterocycles. The van der Waals surface area contributed by atoms with E-state index >= 15 is 0 Å². The van der Waals surface area contributed by atoms with Crippen molar-refractivity contribution in [3.8, 4) is 0 Å². The number of rotatable bonds is 3. The molecular formula is C23H28N4O3. The van der Waals surface area contributed by atoms with Crippen LogP contribution < -0.4 is 5.73 Å². The van der Waals surface area contributed by atoms with E-state index in [1.165, 1.54) is 5.57 Å². The molecule has 1 aromatic rings. The van der Waals surface area contributed by atoms with Crippen LogP contribution in [0, 0.1) is 0 Å². The molecule has 2 amide bonds. The van der Waals surface area contributed by atoms with Gasteiger partial charge in [-0.2, -0.15) is 0 Å². The second kappa shape index (κ2) is 8.73. The van der Waals surface area contributed by atoms with Gasteiger partial charge in [0, 0.05) is 43.7 Å². The van der Waals surface area contributed by atoms with Crippen LogP contribution in [0.25, 0.3) is 11.6 Å². The Morgan fingerprint density at radius 3 is 2.67 bits per heavy atom. The van der Waals surface area contributed by atoms with E-state index in [1.807, 2.05) is 34.1 Å². The summed E-state index contributed by atoms with van der Waals surface area (Å²) in [5.74, 6) is 0.0376. The second-order valence-corrected chi connectivity index (χ2v) is 7.85. The number of esters is 1. The Balaban J connectivity index is 1.55. The van der Waals surface area contributed by atoms with Crippen LogP contribution in [-0.2, 0) is 9.53 Å². The number of ether oxygens (including phenoxy) is 1. The molecule has 0 unspecified atom stereocenters. The summed E-state index contributed by atoms with van der Waals surface area (Å²) in [7, 11) is 0. The summed E-state index contributed by atoms with van der Waals surface area (Å²) in [4.78, 5) is 33.2. The van der Waals surface area contributed by atoms with E-state index in [-0.39, 0.29) is 18.4 Å². The highest BCUT2D eigenvalue weighted by atomic mass is 16.5. The fourth-order valence-corrected chi connectivity index (χ4v) is 4.17. The molecule has 3 aliphatic rings. The van der Waals surface area contributed by atoms with Crippen LogP contribution >= 0.6 is 0 Å². The first-order valence-electron chi connectivity index (χ1n) is 10.6.